The van der Waals surface area contributed by atoms with Crippen LogP contribution in [0, 0.1) is 5.41 Å². The molecule has 1 rings (SSSR count). The van der Waals surface area contributed by atoms with E-state index < -0.39 is 0 Å². The molecule has 0 atom stereocenters. The fraction of sp³-hybridized carbons (Fsp3) is 0.533. The zero-order valence-corrected chi connectivity index (χ0v) is 13.3. The summed E-state index contributed by atoms with van der Waals surface area (Å²) in [7, 11) is 1.62. The van der Waals surface area contributed by atoms with Crippen molar-refractivity contribution in [1.29, 1.82) is 0 Å². The summed E-state index contributed by atoms with van der Waals surface area (Å²) in [5.41, 5.74) is 1.06. The highest BCUT2D eigenvalue weighted by Crippen LogP contribution is 2.22. The molecule has 20 heavy (non-hydrogen) atoms. The highest BCUT2D eigenvalue weighted by molar-refractivity contribution is 6.30. The number of hydrogen-bond donors (Lipinski definition) is 2. The van der Waals surface area contributed by atoms with Gasteiger partial charge in [0, 0.05) is 18.1 Å². The van der Waals surface area contributed by atoms with E-state index in [1.807, 2.05) is 12.1 Å². The second-order valence-corrected chi connectivity index (χ2v) is 6.31. The van der Waals surface area contributed by atoms with Gasteiger partial charge in [0.1, 0.15) is 5.75 Å². The van der Waals surface area contributed by atoms with Gasteiger partial charge in [-0.15, -0.1) is 0 Å². The molecule has 0 aromatic heterocycles. The normalized spacial score (nSPS) is 11.1. The summed E-state index contributed by atoms with van der Waals surface area (Å²) in [6, 6.07) is 5.32. The Morgan fingerprint density at radius 2 is 2.00 bits per heavy atom. The Morgan fingerprint density at radius 3 is 2.60 bits per heavy atom. The molecule has 1 aromatic carbocycles. The molecular weight excluding hydrogens is 276 g/mol. The summed E-state index contributed by atoms with van der Waals surface area (Å²) in [5.74, 6) is 0.784. The average Bonchev–Trinajstić information content (AvgIpc) is 2.36. The van der Waals surface area contributed by atoms with Gasteiger partial charge >= 0.3 is 6.03 Å². The lowest BCUT2D eigenvalue weighted by atomic mass is 9.97. The van der Waals surface area contributed by atoms with Crippen molar-refractivity contribution in [3.63, 3.8) is 0 Å². The number of ether oxygens (including phenoxy) is 1. The van der Waals surface area contributed by atoms with Crippen molar-refractivity contribution in [2.75, 3.05) is 20.2 Å². The SMILES string of the molecule is COc1ccc(Cl)cc1CCNC(=O)NCC(C)(C)C. The molecule has 0 saturated carbocycles. The molecule has 0 aliphatic heterocycles. The molecule has 0 aliphatic carbocycles. The van der Waals surface area contributed by atoms with Crippen molar-refractivity contribution in [3.8, 4) is 5.75 Å². The first kappa shape index (κ1) is 16.6. The molecular formula is C15H23ClN2O2. The van der Waals surface area contributed by atoms with E-state index in [4.69, 9.17) is 16.3 Å². The van der Waals surface area contributed by atoms with Crippen LogP contribution in [0.5, 0.6) is 5.75 Å². The molecule has 0 heterocycles. The third-order valence-electron chi connectivity index (χ3n) is 2.70. The van der Waals surface area contributed by atoms with Gasteiger partial charge in [-0.05, 0) is 35.6 Å². The fourth-order valence-corrected chi connectivity index (χ4v) is 1.86. The molecule has 112 valence electrons. The van der Waals surface area contributed by atoms with Gasteiger partial charge in [0.05, 0.1) is 7.11 Å². The van der Waals surface area contributed by atoms with Crippen LogP contribution >= 0.6 is 11.6 Å². The third-order valence-corrected chi connectivity index (χ3v) is 2.94. The van der Waals surface area contributed by atoms with Gasteiger partial charge in [0.15, 0.2) is 0 Å². The first-order valence-corrected chi connectivity index (χ1v) is 7.04. The molecule has 2 amide bonds. The second kappa shape index (κ2) is 7.39. The lowest BCUT2D eigenvalue weighted by molar-refractivity contribution is 0.235. The largest absolute Gasteiger partial charge is 0.496 e. The van der Waals surface area contributed by atoms with Gasteiger partial charge in [-0.1, -0.05) is 32.4 Å². The first-order chi connectivity index (χ1) is 9.31. The summed E-state index contributed by atoms with van der Waals surface area (Å²) in [6.45, 7) is 7.39. The Bertz CT molecular complexity index is 456. The smallest absolute Gasteiger partial charge is 0.314 e. The quantitative estimate of drug-likeness (QED) is 0.877. The minimum absolute atomic E-state index is 0.0769. The predicted octanol–water partition coefficient (Wildman–Crippen LogP) is 3.24. The standard InChI is InChI=1S/C15H23ClN2O2/c1-15(2,3)10-18-14(19)17-8-7-11-9-12(16)5-6-13(11)20-4/h5-6,9H,7-8,10H2,1-4H3,(H2,17,18,19). The summed E-state index contributed by atoms with van der Waals surface area (Å²) in [5, 5.41) is 6.33. The maximum Gasteiger partial charge on any atom is 0.314 e. The fourth-order valence-electron chi connectivity index (χ4n) is 1.66. The molecule has 0 radical (unpaired) electrons. The number of carbonyl (C=O) groups excluding carboxylic acids is 1. The van der Waals surface area contributed by atoms with Crippen LogP contribution in [0.2, 0.25) is 5.02 Å². The van der Waals surface area contributed by atoms with Crippen molar-refractivity contribution < 1.29 is 9.53 Å². The maximum absolute atomic E-state index is 11.6. The number of urea groups is 1. The number of hydrogen-bond acceptors (Lipinski definition) is 2. The number of benzene rings is 1. The van der Waals surface area contributed by atoms with Gasteiger partial charge in [-0.25, -0.2) is 4.79 Å². The first-order valence-electron chi connectivity index (χ1n) is 6.66. The van der Waals surface area contributed by atoms with Crippen molar-refractivity contribution in [2.24, 2.45) is 5.41 Å². The van der Waals surface area contributed by atoms with Gasteiger partial charge in [0.25, 0.3) is 0 Å². The highest BCUT2D eigenvalue weighted by atomic mass is 35.5. The number of rotatable bonds is 5. The van der Waals surface area contributed by atoms with E-state index in [0.29, 0.717) is 24.5 Å². The summed E-state index contributed by atoms with van der Waals surface area (Å²) in [4.78, 5) is 11.6. The van der Waals surface area contributed by atoms with Crippen LogP contribution in [0.4, 0.5) is 4.79 Å². The number of halogens is 1. The highest BCUT2D eigenvalue weighted by Gasteiger charge is 2.11. The Hall–Kier alpha value is -1.42. The average molecular weight is 299 g/mol. The molecule has 0 unspecified atom stereocenters. The molecule has 1 aromatic rings. The number of methoxy groups -OCH3 is 1. The Balaban J connectivity index is 2.41. The van der Waals surface area contributed by atoms with E-state index in [1.165, 1.54) is 0 Å². The second-order valence-electron chi connectivity index (χ2n) is 5.88. The molecule has 4 nitrogen and oxygen atoms in total. The van der Waals surface area contributed by atoms with E-state index >= 15 is 0 Å². The van der Waals surface area contributed by atoms with Crippen molar-refractivity contribution in [1.82, 2.24) is 10.6 Å². The lowest BCUT2D eigenvalue weighted by Crippen LogP contribution is -2.40. The minimum atomic E-state index is -0.152. The van der Waals surface area contributed by atoms with Gasteiger partial charge in [0.2, 0.25) is 0 Å². The van der Waals surface area contributed by atoms with Gasteiger partial charge < -0.3 is 15.4 Å². The van der Waals surface area contributed by atoms with Crippen LogP contribution in [-0.4, -0.2) is 26.2 Å². The van der Waals surface area contributed by atoms with E-state index in [0.717, 1.165) is 11.3 Å². The van der Waals surface area contributed by atoms with E-state index in [1.54, 1.807) is 13.2 Å². The summed E-state index contributed by atoms with van der Waals surface area (Å²) in [6.07, 6.45) is 0.673. The van der Waals surface area contributed by atoms with Crippen LogP contribution in [0.3, 0.4) is 0 Å². The van der Waals surface area contributed by atoms with E-state index in [9.17, 15) is 4.79 Å². The monoisotopic (exact) mass is 298 g/mol. The van der Waals surface area contributed by atoms with Crippen LogP contribution < -0.4 is 15.4 Å². The molecule has 5 heteroatoms. The maximum atomic E-state index is 11.6. The molecule has 0 fully saturated rings. The van der Waals surface area contributed by atoms with Crippen LogP contribution in [0.15, 0.2) is 18.2 Å². The zero-order chi connectivity index (χ0) is 15.2. The minimum Gasteiger partial charge on any atom is -0.496 e. The van der Waals surface area contributed by atoms with Gasteiger partial charge in [-0.3, -0.25) is 0 Å². The molecule has 0 saturated heterocycles. The molecule has 0 bridgehead atoms. The Labute approximate surface area is 125 Å². The molecule has 2 N–H and O–H groups in total. The predicted molar refractivity (Wildman–Crippen MR) is 82.6 cm³/mol. The van der Waals surface area contributed by atoms with Crippen molar-refractivity contribution in [2.45, 2.75) is 27.2 Å². The third kappa shape index (κ3) is 6.15. The van der Waals surface area contributed by atoms with Crippen molar-refractivity contribution >= 4 is 17.6 Å². The van der Waals surface area contributed by atoms with Crippen LogP contribution in [0.1, 0.15) is 26.3 Å². The number of amides is 2. The van der Waals surface area contributed by atoms with E-state index in [2.05, 4.69) is 31.4 Å². The molecule has 0 aliphatic rings. The Kier molecular flexibility index (Phi) is 6.14. The number of carbonyl (C=O) groups is 1. The Morgan fingerprint density at radius 1 is 1.30 bits per heavy atom. The summed E-state index contributed by atoms with van der Waals surface area (Å²) >= 11 is 5.96. The molecule has 0 spiro atoms. The van der Waals surface area contributed by atoms with Crippen LogP contribution in [0.25, 0.3) is 0 Å². The lowest BCUT2D eigenvalue weighted by Gasteiger charge is -2.19. The van der Waals surface area contributed by atoms with Crippen LogP contribution in [-0.2, 0) is 6.42 Å². The topological polar surface area (TPSA) is 50.4 Å². The van der Waals surface area contributed by atoms with Gasteiger partial charge in [-0.2, -0.15) is 0 Å². The summed E-state index contributed by atoms with van der Waals surface area (Å²) < 4.78 is 5.26. The van der Waals surface area contributed by atoms with E-state index in [-0.39, 0.29) is 11.4 Å². The number of nitrogens with one attached hydrogen (secondary N) is 2. The zero-order valence-electron chi connectivity index (χ0n) is 12.5. The van der Waals surface area contributed by atoms with Crippen molar-refractivity contribution in [3.05, 3.63) is 28.8 Å².